The lowest BCUT2D eigenvalue weighted by Gasteiger charge is -2.09. The fourth-order valence-corrected chi connectivity index (χ4v) is 2.93. The predicted molar refractivity (Wildman–Crippen MR) is 75.6 cm³/mol. The van der Waals surface area contributed by atoms with Crippen molar-refractivity contribution in [1.29, 1.82) is 0 Å². The molecule has 0 aliphatic carbocycles. The van der Waals surface area contributed by atoms with Crippen molar-refractivity contribution in [3.05, 3.63) is 58.9 Å². The molecule has 0 saturated heterocycles. The summed E-state index contributed by atoms with van der Waals surface area (Å²) in [5.41, 5.74) is -0.226. The molecular weight excluding hydrogens is 321 g/mol. The Bertz CT molecular complexity index is 787. The molecule has 5 nitrogen and oxygen atoms in total. The van der Waals surface area contributed by atoms with Crippen LogP contribution < -0.4 is 4.72 Å². The molecule has 0 heterocycles. The van der Waals surface area contributed by atoms with E-state index in [4.69, 9.17) is 16.7 Å². The van der Waals surface area contributed by atoms with Gasteiger partial charge in [0.15, 0.2) is 0 Å². The first-order valence-electron chi connectivity index (χ1n) is 5.60. The van der Waals surface area contributed by atoms with Crippen LogP contribution in [-0.4, -0.2) is 19.5 Å². The molecule has 0 spiro atoms. The van der Waals surface area contributed by atoms with Crippen molar-refractivity contribution >= 4 is 33.3 Å². The number of nitrogens with one attached hydrogen (secondary N) is 1. The highest BCUT2D eigenvalue weighted by molar-refractivity contribution is 7.92. The van der Waals surface area contributed by atoms with Gasteiger partial charge in [-0.15, -0.1) is 0 Å². The highest BCUT2D eigenvalue weighted by atomic mass is 35.5. The maximum atomic E-state index is 13.2. The van der Waals surface area contributed by atoms with Gasteiger partial charge in [-0.05, 0) is 36.4 Å². The number of carbonyl (C=O) groups is 1. The van der Waals surface area contributed by atoms with Gasteiger partial charge < -0.3 is 5.11 Å². The summed E-state index contributed by atoms with van der Waals surface area (Å²) in [6, 6.07) is 8.04. The van der Waals surface area contributed by atoms with Crippen LogP contribution in [0.1, 0.15) is 10.4 Å². The molecule has 0 fully saturated rings. The number of hydrogen-bond acceptors (Lipinski definition) is 3. The van der Waals surface area contributed by atoms with E-state index in [-0.39, 0.29) is 21.2 Å². The van der Waals surface area contributed by atoms with Crippen LogP contribution in [0.5, 0.6) is 0 Å². The first kappa shape index (κ1) is 15.3. The Hall–Kier alpha value is -2.12. The van der Waals surface area contributed by atoms with Crippen LogP contribution >= 0.6 is 11.6 Å². The molecule has 0 saturated carbocycles. The molecule has 0 unspecified atom stereocenters. The molecular formula is C13H9ClFNO4S. The first-order chi connectivity index (χ1) is 9.78. The number of rotatable bonds is 4. The molecule has 0 amide bonds. The van der Waals surface area contributed by atoms with Crippen LogP contribution in [0, 0.1) is 5.82 Å². The topological polar surface area (TPSA) is 83.5 Å². The molecule has 0 bridgehead atoms. The molecule has 21 heavy (non-hydrogen) atoms. The van der Waals surface area contributed by atoms with Crippen molar-refractivity contribution in [2.24, 2.45) is 0 Å². The van der Waals surface area contributed by atoms with Crippen molar-refractivity contribution in [2.45, 2.75) is 4.90 Å². The number of carboxylic acids is 1. The SMILES string of the molecule is O=C(O)c1cccc(S(=O)(=O)Nc2cc(F)cc(Cl)c2)c1. The molecule has 0 aliphatic rings. The second kappa shape index (κ2) is 5.71. The number of hydrogen-bond donors (Lipinski definition) is 2. The molecule has 110 valence electrons. The predicted octanol–water partition coefficient (Wildman–Crippen LogP) is 2.98. The van der Waals surface area contributed by atoms with Crippen molar-refractivity contribution in [3.8, 4) is 0 Å². The fraction of sp³-hybridized carbons (Fsp3) is 0. The molecule has 0 aliphatic heterocycles. The van der Waals surface area contributed by atoms with E-state index in [0.717, 1.165) is 18.2 Å². The van der Waals surface area contributed by atoms with Gasteiger partial charge in [0.05, 0.1) is 16.1 Å². The van der Waals surface area contributed by atoms with Gasteiger partial charge in [0, 0.05) is 5.02 Å². The minimum Gasteiger partial charge on any atom is -0.478 e. The summed E-state index contributed by atoms with van der Waals surface area (Å²) >= 11 is 5.64. The Morgan fingerprint density at radius 1 is 1.19 bits per heavy atom. The van der Waals surface area contributed by atoms with Gasteiger partial charge in [-0.1, -0.05) is 17.7 Å². The lowest BCUT2D eigenvalue weighted by atomic mass is 10.2. The van der Waals surface area contributed by atoms with Gasteiger partial charge in [-0.2, -0.15) is 0 Å². The lowest BCUT2D eigenvalue weighted by molar-refractivity contribution is 0.0696. The van der Waals surface area contributed by atoms with Crippen LogP contribution in [0.3, 0.4) is 0 Å². The summed E-state index contributed by atoms with van der Waals surface area (Å²) in [6.07, 6.45) is 0. The molecule has 2 rings (SSSR count). The summed E-state index contributed by atoms with van der Waals surface area (Å²) in [6.45, 7) is 0. The van der Waals surface area contributed by atoms with Crippen LogP contribution in [0.15, 0.2) is 47.4 Å². The maximum Gasteiger partial charge on any atom is 0.335 e. The van der Waals surface area contributed by atoms with Gasteiger partial charge in [0.2, 0.25) is 0 Å². The molecule has 2 aromatic carbocycles. The third kappa shape index (κ3) is 3.71. The summed E-state index contributed by atoms with van der Waals surface area (Å²) in [4.78, 5) is 10.6. The van der Waals surface area contributed by atoms with Crippen molar-refractivity contribution in [3.63, 3.8) is 0 Å². The number of carboxylic acid groups (broad SMARTS) is 1. The zero-order chi connectivity index (χ0) is 15.6. The van der Waals surface area contributed by atoms with E-state index in [9.17, 15) is 17.6 Å². The van der Waals surface area contributed by atoms with Gasteiger partial charge in [-0.25, -0.2) is 17.6 Å². The Morgan fingerprint density at radius 2 is 1.90 bits per heavy atom. The molecule has 8 heteroatoms. The van der Waals surface area contributed by atoms with Gasteiger partial charge >= 0.3 is 5.97 Å². The third-order valence-corrected chi connectivity index (χ3v) is 4.10. The summed E-state index contributed by atoms with van der Waals surface area (Å²) in [5.74, 6) is -1.94. The smallest absolute Gasteiger partial charge is 0.335 e. The Labute approximate surface area is 125 Å². The molecule has 0 radical (unpaired) electrons. The van der Waals surface area contributed by atoms with Crippen LogP contribution in [0.25, 0.3) is 0 Å². The molecule has 2 aromatic rings. The Balaban J connectivity index is 2.38. The number of anilines is 1. The van der Waals surface area contributed by atoms with Crippen LogP contribution in [0.4, 0.5) is 10.1 Å². The van der Waals surface area contributed by atoms with Crippen LogP contribution in [-0.2, 0) is 10.0 Å². The zero-order valence-electron chi connectivity index (χ0n) is 10.4. The van der Waals surface area contributed by atoms with E-state index in [0.29, 0.717) is 0 Å². The minimum absolute atomic E-state index is 0.0342. The van der Waals surface area contributed by atoms with E-state index in [1.54, 1.807) is 0 Å². The van der Waals surface area contributed by atoms with Crippen molar-refractivity contribution < 1.29 is 22.7 Å². The summed E-state index contributed by atoms with van der Waals surface area (Å²) in [5, 5.41) is 8.89. The van der Waals surface area contributed by atoms with Crippen LogP contribution in [0.2, 0.25) is 5.02 Å². The normalized spacial score (nSPS) is 11.1. The monoisotopic (exact) mass is 329 g/mol. The summed E-state index contributed by atoms with van der Waals surface area (Å²) < 4.78 is 39.6. The van der Waals surface area contributed by atoms with Crippen molar-refractivity contribution in [2.75, 3.05) is 4.72 Å². The third-order valence-electron chi connectivity index (χ3n) is 2.51. The second-order valence-corrected chi connectivity index (χ2v) is 6.22. The van der Waals surface area contributed by atoms with E-state index in [1.165, 1.54) is 24.3 Å². The Morgan fingerprint density at radius 3 is 2.52 bits per heavy atom. The quantitative estimate of drug-likeness (QED) is 0.903. The van der Waals surface area contributed by atoms with E-state index >= 15 is 0 Å². The number of sulfonamides is 1. The Kier molecular flexibility index (Phi) is 4.15. The maximum absolute atomic E-state index is 13.2. The number of aromatic carboxylic acids is 1. The fourth-order valence-electron chi connectivity index (χ4n) is 1.62. The summed E-state index contributed by atoms with van der Waals surface area (Å²) in [7, 11) is -4.04. The van der Waals surface area contributed by atoms with Crippen molar-refractivity contribution in [1.82, 2.24) is 0 Å². The average Bonchev–Trinajstić information content (AvgIpc) is 2.37. The van der Waals surface area contributed by atoms with Gasteiger partial charge in [0.1, 0.15) is 5.82 Å². The van der Waals surface area contributed by atoms with E-state index < -0.39 is 21.8 Å². The highest BCUT2D eigenvalue weighted by Gasteiger charge is 2.16. The van der Waals surface area contributed by atoms with Gasteiger partial charge in [0.25, 0.3) is 10.0 Å². The van der Waals surface area contributed by atoms with E-state index in [1.807, 2.05) is 0 Å². The lowest BCUT2D eigenvalue weighted by Crippen LogP contribution is -2.13. The second-order valence-electron chi connectivity index (χ2n) is 4.10. The highest BCUT2D eigenvalue weighted by Crippen LogP contribution is 2.21. The molecule has 0 aromatic heterocycles. The number of halogens is 2. The minimum atomic E-state index is -4.04. The molecule has 2 N–H and O–H groups in total. The van der Waals surface area contributed by atoms with Gasteiger partial charge in [-0.3, -0.25) is 4.72 Å². The standard InChI is InChI=1S/C13H9ClFNO4S/c14-9-5-10(15)7-11(6-9)16-21(19,20)12-3-1-2-8(4-12)13(17)18/h1-7,16H,(H,17,18). The first-order valence-corrected chi connectivity index (χ1v) is 7.46. The molecule has 0 atom stereocenters. The average molecular weight is 330 g/mol. The zero-order valence-corrected chi connectivity index (χ0v) is 12.0. The number of benzene rings is 2. The largest absolute Gasteiger partial charge is 0.478 e. The van der Waals surface area contributed by atoms with E-state index in [2.05, 4.69) is 4.72 Å².